The summed E-state index contributed by atoms with van der Waals surface area (Å²) in [6.07, 6.45) is 5.68. The van der Waals surface area contributed by atoms with Gasteiger partial charge in [-0.05, 0) is 12.0 Å². The molecule has 100 valence electrons. The van der Waals surface area contributed by atoms with E-state index in [0.717, 1.165) is 18.6 Å². The van der Waals surface area contributed by atoms with Gasteiger partial charge in [-0.3, -0.25) is 4.79 Å². The van der Waals surface area contributed by atoms with Gasteiger partial charge in [-0.2, -0.15) is 0 Å². The third kappa shape index (κ3) is 6.10. The molecule has 1 aromatic rings. The molecular formula is C15H23NOS. The lowest BCUT2D eigenvalue weighted by Crippen LogP contribution is -2.25. The first-order chi connectivity index (χ1) is 8.74. The third-order valence-corrected chi connectivity index (χ3v) is 4.30. The minimum Gasteiger partial charge on any atom is -0.369 e. The molecule has 1 rings (SSSR count). The molecule has 0 fully saturated rings. The Labute approximate surface area is 114 Å². The van der Waals surface area contributed by atoms with Crippen LogP contribution < -0.4 is 5.73 Å². The Morgan fingerprint density at radius 1 is 1.22 bits per heavy atom. The molecule has 2 nitrogen and oxygen atoms in total. The Morgan fingerprint density at radius 2 is 1.94 bits per heavy atom. The number of amides is 1. The minimum absolute atomic E-state index is 0.0398. The van der Waals surface area contributed by atoms with E-state index >= 15 is 0 Å². The van der Waals surface area contributed by atoms with Gasteiger partial charge in [0, 0.05) is 5.75 Å². The second-order valence-electron chi connectivity index (χ2n) is 4.54. The zero-order valence-corrected chi connectivity index (χ0v) is 11.9. The lowest BCUT2D eigenvalue weighted by Gasteiger charge is -2.12. The van der Waals surface area contributed by atoms with Crippen molar-refractivity contribution in [2.24, 2.45) is 5.73 Å². The van der Waals surface area contributed by atoms with Gasteiger partial charge >= 0.3 is 0 Å². The molecule has 0 heterocycles. The van der Waals surface area contributed by atoms with Crippen LogP contribution in [0.3, 0.4) is 0 Å². The molecule has 2 N–H and O–H groups in total. The smallest absolute Gasteiger partial charge is 0.230 e. The van der Waals surface area contributed by atoms with Gasteiger partial charge in [0.2, 0.25) is 5.91 Å². The number of unbranched alkanes of at least 4 members (excludes halogenated alkanes) is 3. The highest BCUT2D eigenvalue weighted by molar-refractivity contribution is 7.99. The molecule has 0 spiro atoms. The van der Waals surface area contributed by atoms with Gasteiger partial charge in [0.05, 0.1) is 5.25 Å². The molecule has 1 atom stereocenters. The lowest BCUT2D eigenvalue weighted by atomic mass is 10.1. The predicted octanol–water partition coefficient (Wildman–Crippen LogP) is 3.74. The van der Waals surface area contributed by atoms with E-state index in [4.69, 9.17) is 5.73 Å². The molecule has 0 saturated heterocycles. The van der Waals surface area contributed by atoms with Crippen molar-refractivity contribution in [2.75, 3.05) is 0 Å². The van der Waals surface area contributed by atoms with E-state index in [1.807, 2.05) is 18.2 Å². The summed E-state index contributed by atoms with van der Waals surface area (Å²) < 4.78 is 0. The highest BCUT2D eigenvalue weighted by Crippen LogP contribution is 2.22. The van der Waals surface area contributed by atoms with Crippen LogP contribution in [0.1, 0.15) is 44.6 Å². The zero-order valence-electron chi connectivity index (χ0n) is 11.1. The third-order valence-electron chi connectivity index (χ3n) is 2.93. The molecule has 1 aromatic carbocycles. The minimum atomic E-state index is -0.174. The number of hydrogen-bond acceptors (Lipinski definition) is 2. The van der Waals surface area contributed by atoms with E-state index in [2.05, 4.69) is 19.1 Å². The highest BCUT2D eigenvalue weighted by Gasteiger charge is 2.15. The van der Waals surface area contributed by atoms with Crippen LogP contribution in [0.2, 0.25) is 0 Å². The number of benzene rings is 1. The maximum Gasteiger partial charge on any atom is 0.230 e. The number of thioether (sulfide) groups is 1. The van der Waals surface area contributed by atoms with Gasteiger partial charge in [-0.15, -0.1) is 11.8 Å². The first-order valence-electron chi connectivity index (χ1n) is 6.69. The second kappa shape index (κ2) is 9.03. The van der Waals surface area contributed by atoms with Crippen molar-refractivity contribution in [3.8, 4) is 0 Å². The van der Waals surface area contributed by atoms with Crippen molar-refractivity contribution in [2.45, 2.75) is 50.0 Å². The van der Waals surface area contributed by atoms with E-state index in [-0.39, 0.29) is 11.2 Å². The van der Waals surface area contributed by atoms with Crippen LogP contribution in [0.25, 0.3) is 0 Å². The number of primary amides is 1. The van der Waals surface area contributed by atoms with Crippen LogP contribution in [-0.2, 0) is 10.5 Å². The summed E-state index contributed by atoms with van der Waals surface area (Å²) in [6, 6.07) is 10.2. The summed E-state index contributed by atoms with van der Waals surface area (Å²) in [4.78, 5) is 11.4. The standard InChI is InChI=1S/C15H23NOS/c1-2-3-4-8-11-14(15(16)17)18-12-13-9-6-5-7-10-13/h5-7,9-10,14H,2-4,8,11-12H2,1H3,(H2,16,17). The molecule has 0 aliphatic carbocycles. The van der Waals surface area contributed by atoms with Crippen molar-refractivity contribution >= 4 is 17.7 Å². The van der Waals surface area contributed by atoms with Gasteiger partial charge in [-0.25, -0.2) is 0 Å². The Morgan fingerprint density at radius 3 is 2.56 bits per heavy atom. The van der Waals surface area contributed by atoms with E-state index in [1.54, 1.807) is 11.8 Å². The van der Waals surface area contributed by atoms with Gasteiger partial charge in [0.1, 0.15) is 0 Å². The molecule has 18 heavy (non-hydrogen) atoms. The fourth-order valence-electron chi connectivity index (χ4n) is 1.84. The number of hydrogen-bond donors (Lipinski definition) is 1. The monoisotopic (exact) mass is 265 g/mol. The number of nitrogens with two attached hydrogens (primary N) is 1. The summed E-state index contributed by atoms with van der Waals surface area (Å²) >= 11 is 1.67. The van der Waals surface area contributed by atoms with Crippen LogP contribution in [0, 0.1) is 0 Å². The normalized spacial score (nSPS) is 12.3. The molecule has 0 saturated carbocycles. The van der Waals surface area contributed by atoms with E-state index in [0.29, 0.717) is 0 Å². The van der Waals surface area contributed by atoms with Crippen molar-refractivity contribution in [3.63, 3.8) is 0 Å². The maximum atomic E-state index is 11.4. The number of carbonyl (C=O) groups excluding carboxylic acids is 1. The Hall–Kier alpha value is -0.960. The van der Waals surface area contributed by atoms with Gasteiger partial charge in [0.25, 0.3) is 0 Å². The Bertz CT molecular complexity index is 340. The van der Waals surface area contributed by atoms with E-state index < -0.39 is 0 Å². The average Bonchev–Trinajstić information content (AvgIpc) is 2.38. The molecular weight excluding hydrogens is 242 g/mol. The first-order valence-corrected chi connectivity index (χ1v) is 7.73. The van der Waals surface area contributed by atoms with Crippen LogP contribution in [0.4, 0.5) is 0 Å². The summed E-state index contributed by atoms with van der Waals surface area (Å²) in [5.41, 5.74) is 6.71. The molecule has 0 aliphatic rings. The quantitative estimate of drug-likeness (QED) is 0.691. The largest absolute Gasteiger partial charge is 0.369 e. The summed E-state index contributed by atoms with van der Waals surface area (Å²) in [6.45, 7) is 2.19. The molecule has 3 heteroatoms. The predicted molar refractivity (Wildman–Crippen MR) is 79.5 cm³/mol. The lowest BCUT2D eigenvalue weighted by molar-refractivity contribution is -0.117. The fourth-order valence-corrected chi connectivity index (χ4v) is 2.92. The van der Waals surface area contributed by atoms with Crippen molar-refractivity contribution in [1.29, 1.82) is 0 Å². The zero-order chi connectivity index (χ0) is 13.2. The summed E-state index contributed by atoms with van der Waals surface area (Å²) in [5, 5.41) is -0.0398. The van der Waals surface area contributed by atoms with E-state index in [1.165, 1.54) is 24.8 Å². The SMILES string of the molecule is CCCCCCC(SCc1ccccc1)C(N)=O. The Kier molecular flexibility index (Phi) is 7.58. The van der Waals surface area contributed by atoms with Crippen molar-refractivity contribution < 1.29 is 4.79 Å². The Balaban J connectivity index is 2.32. The molecule has 0 bridgehead atoms. The number of rotatable bonds is 9. The summed E-state index contributed by atoms with van der Waals surface area (Å²) in [7, 11) is 0. The van der Waals surface area contributed by atoms with Crippen LogP contribution in [0.15, 0.2) is 30.3 Å². The maximum absolute atomic E-state index is 11.4. The van der Waals surface area contributed by atoms with Gasteiger partial charge in [-0.1, -0.05) is 62.9 Å². The van der Waals surface area contributed by atoms with Gasteiger partial charge < -0.3 is 5.73 Å². The molecule has 0 aliphatic heterocycles. The number of carbonyl (C=O) groups is 1. The second-order valence-corrected chi connectivity index (χ2v) is 5.73. The summed E-state index contributed by atoms with van der Waals surface area (Å²) in [5.74, 6) is 0.690. The molecule has 0 radical (unpaired) electrons. The van der Waals surface area contributed by atoms with E-state index in [9.17, 15) is 4.79 Å². The van der Waals surface area contributed by atoms with Crippen LogP contribution in [-0.4, -0.2) is 11.2 Å². The van der Waals surface area contributed by atoms with Gasteiger partial charge in [0.15, 0.2) is 0 Å². The van der Waals surface area contributed by atoms with Crippen LogP contribution in [0.5, 0.6) is 0 Å². The topological polar surface area (TPSA) is 43.1 Å². The first kappa shape index (κ1) is 15.1. The van der Waals surface area contributed by atoms with Crippen molar-refractivity contribution in [3.05, 3.63) is 35.9 Å². The fraction of sp³-hybridized carbons (Fsp3) is 0.533. The molecule has 0 aromatic heterocycles. The molecule has 1 amide bonds. The molecule has 1 unspecified atom stereocenters. The average molecular weight is 265 g/mol. The van der Waals surface area contributed by atoms with Crippen molar-refractivity contribution in [1.82, 2.24) is 0 Å². The highest BCUT2D eigenvalue weighted by atomic mass is 32.2. The van der Waals surface area contributed by atoms with Crippen LogP contribution >= 0.6 is 11.8 Å².